The van der Waals surface area contributed by atoms with Gasteiger partial charge in [-0.3, -0.25) is 9.69 Å². The van der Waals surface area contributed by atoms with Crippen LogP contribution in [0.2, 0.25) is 5.02 Å². The molecule has 0 N–H and O–H groups in total. The molecule has 0 unspecified atom stereocenters. The first kappa shape index (κ1) is 21.8. The van der Waals surface area contributed by atoms with Crippen molar-refractivity contribution in [1.82, 2.24) is 9.88 Å². The molecule has 0 aliphatic rings. The van der Waals surface area contributed by atoms with E-state index in [-0.39, 0.29) is 5.91 Å². The first-order valence-electron chi connectivity index (χ1n) is 9.82. The normalized spacial score (nSPS) is 11.4. The summed E-state index contributed by atoms with van der Waals surface area (Å²) in [6, 6.07) is 10.1. The molecule has 1 amide bonds. The van der Waals surface area contributed by atoms with Crippen LogP contribution in [-0.4, -0.2) is 43.0 Å². The van der Waals surface area contributed by atoms with Crippen molar-refractivity contribution in [2.24, 2.45) is 0 Å². The van der Waals surface area contributed by atoms with E-state index in [0.29, 0.717) is 18.0 Å². The lowest BCUT2D eigenvalue weighted by Gasteiger charge is -2.21. The van der Waals surface area contributed by atoms with E-state index in [9.17, 15) is 4.79 Å². The van der Waals surface area contributed by atoms with Gasteiger partial charge in [-0.15, -0.1) is 0 Å². The molecule has 3 aromatic rings. The summed E-state index contributed by atoms with van der Waals surface area (Å²) in [5.41, 5.74) is 5.38. The van der Waals surface area contributed by atoms with Crippen LogP contribution in [0.1, 0.15) is 28.7 Å². The van der Waals surface area contributed by atoms with Crippen LogP contribution in [0.4, 0.5) is 5.13 Å². The summed E-state index contributed by atoms with van der Waals surface area (Å²) in [5.74, 6) is 0.0820. The number of anilines is 1. The number of amides is 1. The number of rotatable bonds is 7. The number of fused-ring (bicyclic) bond motifs is 1. The number of hydrogen-bond acceptors (Lipinski definition) is 4. The van der Waals surface area contributed by atoms with Crippen LogP contribution in [0.15, 0.2) is 30.3 Å². The number of thiazole rings is 1. The Balaban J connectivity index is 1.91. The Hall–Kier alpha value is -1.95. The quantitative estimate of drug-likeness (QED) is 0.504. The molecule has 0 fully saturated rings. The highest BCUT2D eigenvalue weighted by Crippen LogP contribution is 2.33. The van der Waals surface area contributed by atoms with Crippen molar-refractivity contribution in [1.29, 1.82) is 0 Å². The molecular formula is C23H28ClN3OS. The molecule has 154 valence electrons. The van der Waals surface area contributed by atoms with Crippen LogP contribution >= 0.6 is 22.9 Å². The van der Waals surface area contributed by atoms with E-state index in [1.54, 1.807) is 0 Å². The van der Waals surface area contributed by atoms with Gasteiger partial charge in [0.25, 0.3) is 0 Å². The largest absolute Gasteiger partial charge is 0.309 e. The molecule has 0 spiro atoms. The van der Waals surface area contributed by atoms with Crippen molar-refractivity contribution in [3.63, 3.8) is 0 Å². The Morgan fingerprint density at radius 3 is 2.52 bits per heavy atom. The molecule has 2 aromatic carbocycles. The summed E-state index contributed by atoms with van der Waals surface area (Å²) in [6.45, 7) is 7.71. The van der Waals surface area contributed by atoms with E-state index in [0.717, 1.165) is 45.0 Å². The number of aromatic nitrogens is 1. The molecule has 1 aromatic heterocycles. The number of hydrogen-bond donors (Lipinski definition) is 0. The van der Waals surface area contributed by atoms with Crippen LogP contribution in [0.3, 0.4) is 0 Å². The number of benzene rings is 2. The van der Waals surface area contributed by atoms with Gasteiger partial charge in [0.05, 0.1) is 16.6 Å². The minimum Gasteiger partial charge on any atom is -0.309 e. The van der Waals surface area contributed by atoms with Gasteiger partial charge in [0.1, 0.15) is 0 Å². The molecule has 29 heavy (non-hydrogen) atoms. The van der Waals surface area contributed by atoms with Crippen LogP contribution in [-0.2, 0) is 11.2 Å². The summed E-state index contributed by atoms with van der Waals surface area (Å²) >= 11 is 7.76. The number of aryl methyl sites for hydroxylation is 3. The van der Waals surface area contributed by atoms with E-state index in [1.807, 2.05) is 38.1 Å². The second kappa shape index (κ2) is 9.24. The average Bonchev–Trinajstić information content (AvgIpc) is 3.04. The maximum absolute atomic E-state index is 13.3. The third kappa shape index (κ3) is 5.35. The van der Waals surface area contributed by atoms with Crippen LogP contribution in [0.25, 0.3) is 10.2 Å². The van der Waals surface area contributed by atoms with Crippen LogP contribution in [0, 0.1) is 20.8 Å². The summed E-state index contributed by atoms with van der Waals surface area (Å²) in [4.78, 5) is 22.1. The maximum Gasteiger partial charge on any atom is 0.233 e. The van der Waals surface area contributed by atoms with Crippen LogP contribution in [0.5, 0.6) is 0 Å². The molecule has 4 nitrogen and oxygen atoms in total. The summed E-state index contributed by atoms with van der Waals surface area (Å²) in [6.07, 6.45) is 1.27. The standard InChI is InChI=1S/C23H28ClN3OS/c1-15-7-8-18(16(2)11-15)13-21(28)27(10-6-9-26(4)5)23-25-22-17(3)12-19(24)14-20(22)29-23/h7-8,11-12,14H,6,9-10,13H2,1-5H3. The molecule has 3 rings (SSSR count). The average molecular weight is 430 g/mol. The predicted molar refractivity (Wildman–Crippen MR) is 125 cm³/mol. The zero-order chi connectivity index (χ0) is 21.1. The fourth-order valence-electron chi connectivity index (χ4n) is 3.43. The maximum atomic E-state index is 13.3. The fraction of sp³-hybridized carbons (Fsp3) is 0.391. The van der Waals surface area contributed by atoms with E-state index in [1.165, 1.54) is 16.9 Å². The van der Waals surface area contributed by atoms with E-state index in [4.69, 9.17) is 16.6 Å². The first-order chi connectivity index (χ1) is 13.7. The Kier molecular flexibility index (Phi) is 6.93. The third-order valence-electron chi connectivity index (χ3n) is 5.00. The highest BCUT2D eigenvalue weighted by atomic mass is 35.5. The topological polar surface area (TPSA) is 36.4 Å². The van der Waals surface area contributed by atoms with Crippen molar-refractivity contribution in [3.05, 3.63) is 57.6 Å². The Labute approximate surface area is 182 Å². The van der Waals surface area contributed by atoms with Crippen molar-refractivity contribution in [2.75, 3.05) is 32.1 Å². The molecular weight excluding hydrogens is 402 g/mol. The van der Waals surface area contributed by atoms with Gasteiger partial charge in [0.2, 0.25) is 5.91 Å². The molecule has 0 bridgehead atoms. The monoisotopic (exact) mass is 429 g/mol. The molecule has 6 heteroatoms. The zero-order valence-corrected chi connectivity index (χ0v) is 19.3. The van der Waals surface area contributed by atoms with Gasteiger partial charge in [-0.1, -0.05) is 46.7 Å². The van der Waals surface area contributed by atoms with Gasteiger partial charge in [0.15, 0.2) is 5.13 Å². The van der Waals surface area contributed by atoms with Crippen molar-refractivity contribution in [2.45, 2.75) is 33.6 Å². The SMILES string of the molecule is Cc1ccc(CC(=O)N(CCCN(C)C)c2nc3c(C)cc(Cl)cc3s2)c(C)c1. The van der Waals surface area contributed by atoms with Gasteiger partial charge in [0, 0.05) is 11.6 Å². The highest BCUT2D eigenvalue weighted by molar-refractivity contribution is 7.22. The van der Waals surface area contributed by atoms with E-state index < -0.39 is 0 Å². The molecule has 0 saturated carbocycles. The number of carbonyl (C=O) groups is 1. The van der Waals surface area contributed by atoms with Crippen molar-refractivity contribution >= 4 is 44.2 Å². The molecule has 0 atom stereocenters. The van der Waals surface area contributed by atoms with Gasteiger partial charge in [-0.25, -0.2) is 4.98 Å². The predicted octanol–water partition coefficient (Wildman–Crippen LogP) is 5.40. The Bertz CT molecular complexity index is 1030. The van der Waals surface area contributed by atoms with Gasteiger partial charge in [-0.05, 0) is 76.7 Å². The minimum atomic E-state index is 0.0820. The second-order valence-electron chi connectivity index (χ2n) is 7.87. The third-order valence-corrected chi connectivity index (χ3v) is 6.24. The number of nitrogens with zero attached hydrogens (tertiary/aromatic N) is 3. The van der Waals surface area contributed by atoms with Gasteiger partial charge >= 0.3 is 0 Å². The summed E-state index contributed by atoms with van der Waals surface area (Å²) < 4.78 is 1.02. The summed E-state index contributed by atoms with van der Waals surface area (Å²) in [7, 11) is 4.09. The summed E-state index contributed by atoms with van der Waals surface area (Å²) in [5, 5.41) is 1.45. The van der Waals surface area contributed by atoms with E-state index in [2.05, 4.69) is 36.9 Å². The molecule has 0 aliphatic heterocycles. The van der Waals surface area contributed by atoms with Gasteiger partial charge in [-0.2, -0.15) is 0 Å². The Morgan fingerprint density at radius 1 is 1.07 bits per heavy atom. The molecule has 0 saturated heterocycles. The first-order valence-corrected chi connectivity index (χ1v) is 11.0. The number of carbonyl (C=O) groups excluding carboxylic acids is 1. The number of halogens is 1. The second-order valence-corrected chi connectivity index (χ2v) is 9.32. The Morgan fingerprint density at radius 2 is 1.83 bits per heavy atom. The minimum absolute atomic E-state index is 0.0820. The zero-order valence-electron chi connectivity index (χ0n) is 17.8. The lowest BCUT2D eigenvalue weighted by atomic mass is 10.0. The smallest absolute Gasteiger partial charge is 0.233 e. The lowest BCUT2D eigenvalue weighted by molar-refractivity contribution is -0.118. The lowest BCUT2D eigenvalue weighted by Crippen LogP contribution is -2.34. The fourth-order valence-corrected chi connectivity index (χ4v) is 4.90. The van der Waals surface area contributed by atoms with Gasteiger partial charge < -0.3 is 4.90 Å². The molecule has 1 heterocycles. The van der Waals surface area contributed by atoms with Crippen molar-refractivity contribution in [3.8, 4) is 0 Å². The molecule has 0 aliphatic carbocycles. The van der Waals surface area contributed by atoms with Crippen molar-refractivity contribution < 1.29 is 4.79 Å². The van der Waals surface area contributed by atoms with Crippen LogP contribution < -0.4 is 4.90 Å². The molecule has 0 radical (unpaired) electrons. The highest BCUT2D eigenvalue weighted by Gasteiger charge is 2.21. The van der Waals surface area contributed by atoms with E-state index >= 15 is 0 Å².